The predicted octanol–water partition coefficient (Wildman–Crippen LogP) is 5.32. The molecule has 6 heteroatoms. The number of likely N-dealkylation sites (N-methyl/N-ethyl adjacent to an activating group) is 1. The van der Waals surface area contributed by atoms with Gasteiger partial charge in [0.05, 0.1) is 6.04 Å². The van der Waals surface area contributed by atoms with E-state index in [0.717, 1.165) is 11.1 Å². The van der Waals surface area contributed by atoms with Crippen LogP contribution in [0.1, 0.15) is 42.9 Å². The lowest BCUT2D eigenvalue weighted by molar-refractivity contribution is -0.137. The first-order chi connectivity index (χ1) is 16.3. The van der Waals surface area contributed by atoms with Gasteiger partial charge in [-0.1, -0.05) is 66.2 Å². The Kier molecular flexibility index (Phi) is 11.3. The summed E-state index contributed by atoms with van der Waals surface area (Å²) in [6.45, 7) is 7.71. The molecule has 0 radical (unpaired) electrons. The summed E-state index contributed by atoms with van der Waals surface area (Å²) < 4.78 is 0. The Labute approximate surface area is 207 Å². The monoisotopic (exact) mass is 480 g/mol. The summed E-state index contributed by atoms with van der Waals surface area (Å²) in [5, 5.41) is 3.64. The molecule has 2 aromatic carbocycles. The number of benzene rings is 2. The number of hydrogen-bond acceptors (Lipinski definition) is 3. The fourth-order valence-corrected chi connectivity index (χ4v) is 3.87. The number of Topliss-reactive ketones (excluding diaryl/α,β-unsaturated/α-hetero) is 1. The predicted molar refractivity (Wildman–Crippen MR) is 137 cm³/mol. The minimum atomic E-state index is -0.504. The zero-order valence-corrected chi connectivity index (χ0v) is 20.5. The standard InChI is InChI=1S/C28H33ClN2O3/c1-4-6-13-27(33)30-26(22-11-8-7-9-12-22)20-31(3)28(34)23(10-5-2)19-25(32)18-21-14-16-24(29)17-15-21/h4-5,7-9,11-12,14-17,23,26H,1-2,6,10,13,18-20H2,3H3,(H,30,33)/t23-,26-/m0/s1. The van der Waals surface area contributed by atoms with Gasteiger partial charge in [-0.3, -0.25) is 14.4 Å². The van der Waals surface area contributed by atoms with E-state index in [1.807, 2.05) is 42.5 Å². The highest BCUT2D eigenvalue weighted by atomic mass is 35.5. The second-order valence-electron chi connectivity index (χ2n) is 8.34. The highest BCUT2D eigenvalue weighted by Crippen LogP contribution is 2.20. The molecule has 0 fully saturated rings. The number of carbonyl (C=O) groups is 3. The summed E-state index contributed by atoms with van der Waals surface area (Å²) in [5.74, 6) is -0.774. The van der Waals surface area contributed by atoms with Gasteiger partial charge in [-0.25, -0.2) is 0 Å². The third-order valence-corrected chi connectivity index (χ3v) is 5.79. The third-order valence-electron chi connectivity index (χ3n) is 5.53. The second kappa shape index (κ2) is 14.2. The minimum Gasteiger partial charge on any atom is -0.347 e. The first-order valence-electron chi connectivity index (χ1n) is 11.4. The van der Waals surface area contributed by atoms with E-state index in [4.69, 9.17) is 11.6 Å². The maximum Gasteiger partial charge on any atom is 0.226 e. The van der Waals surface area contributed by atoms with Gasteiger partial charge in [0.1, 0.15) is 5.78 Å². The fourth-order valence-electron chi connectivity index (χ4n) is 3.74. The van der Waals surface area contributed by atoms with Crippen molar-refractivity contribution in [1.29, 1.82) is 0 Å². The molecule has 0 aliphatic carbocycles. The topological polar surface area (TPSA) is 66.5 Å². The number of nitrogens with zero attached hydrogens (tertiary/aromatic N) is 1. The van der Waals surface area contributed by atoms with Crippen molar-refractivity contribution in [3.63, 3.8) is 0 Å². The quantitative estimate of drug-likeness (QED) is 0.372. The lowest BCUT2D eigenvalue weighted by Crippen LogP contribution is -2.41. The SMILES string of the molecule is C=CCCC(=O)N[C@@H](CN(C)C(=O)[C@@H](CC=C)CC(=O)Cc1ccc(Cl)cc1)c1ccccc1. The van der Waals surface area contributed by atoms with Gasteiger partial charge in [-0.15, -0.1) is 13.2 Å². The van der Waals surface area contributed by atoms with E-state index >= 15 is 0 Å². The van der Waals surface area contributed by atoms with Gasteiger partial charge in [-0.2, -0.15) is 0 Å². The van der Waals surface area contributed by atoms with Gasteiger partial charge >= 0.3 is 0 Å². The molecule has 0 saturated carbocycles. The molecular weight excluding hydrogens is 448 g/mol. The van der Waals surface area contributed by atoms with Crippen molar-refractivity contribution in [2.45, 2.75) is 38.1 Å². The van der Waals surface area contributed by atoms with Crippen LogP contribution in [0.15, 0.2) is 79.9 Å². The minimum absolute atomic E-state index is 0.0201. The summed E-state index contributed by atoms with van der Waals surface area (Å²) in [6, 6.07) is 16.3. The normalized spacial score (nSPS) is 12.3. The second-order valence-corrected chi connectivity index (χ2v) is 8.78. The van der Waals surface area contributed by atoms with E-state index in [1.165, 1.54) is 0 Å². The first kappa shape index (κ1) is 27.1. The molecule has 2 rings (SSSR count). The molecule has 0 saturated heterocycles. The van der Waals surface area contributed by atoms with E-state index in [-0.39, 0.29) is 36.5 Å². The maximum absolute atomic E-state index is 13.3. The Balaban J connectivity index is 2.07. The molecule has 34 heavy (non-hydrogen) atoms. The van der Waals surface area contributed by atoms with Crippen LogP contribution < -0.4 is 5.32 Å². The van der Waals surface area contributed by atoms with E-state index in [2.05, 4.69) is 18.5 Å². The summed E-state index contributed by atoms with van der Waals surface area (Å²) >= 11 is 5.92. The average molecular weight is 481 g/mol. The lowest BCUT2D eigenvalue weighted by Gasteiger charge is -2.28. The van der Waals surface area contributed by atoms with Crippen molar-refractivity contribution < 1.29 is 14.4 Å². The summed E-state index contributed by atoms with van der Waals surface area (Å²) in [6.07, 6.45) is 5.05. The Bertz CT molecular complexity index is 973. The van der Waals surface area contributed by atoms with Crippen LogP contribution in [-0.2, 0) is 20.8 Å². The van der Waals surface area contributed by atoms with E-state index < -0.39 is 5.92 Å². The van der Waals surface area contributed by atoms with E-state index in [0.29, 0.717) is 30.8 Å². The number of ketones is 1. The smallest absolute Gasteiger partial charge is 0.226 e. The summed E-state index contributed by atoms with van der Waals surface area (Å²) in [5.41, 5.74) is 1.77. The van der Waals surface area contributed by atoms with E-state index in [9.17, 15) is 14.4 Å². The van der Waals surface area contributed by atoms with Crippen LogP contribution >= 0.6 is 11.6 Å². The average Bonchev–Trinajstić information content (AvgIpc) is 2.83. The molecule has 0 heterocycles. The largest absolute Gasteiger partial charge is 0.347 e. The van der Waals surface area contributed by atoms with Crippen LogP contribution in [0.2, 0.25) is 5.02 Å². The zero-order valence-electron chi connectivity index (χ0n) is 19.7. The van der Waals surface area contributed by atoms with Gasteiger partial charge < -0.3 is 10.2 Å². The molecule has 0 aliphatic rings. The lowest BCUT2D eigenvalue weighted by atomic mass is 9.94. The molecule has 0 aliphatic heterocycles. The maximum atomic E-state index is 13.3. The third kappa shape index (κ3) is 8.99. The van der Waals surface area contributed by atoms with Crippen LogP contribution in [0.3, 0.4) is 0 Å². The molecule has 0 unspecified atom stereocenters. The molecule has 0 spiro atoms. The molecule has 1 N–H and O–H groups in total. The van der Waals surface area contributed by atoms with Gasteiger partial charge in [0.25, 0.3) is 0 Å². The molecule has 0 aromatic heterocycles. The summed E-state index contributed by atoms with van der Waals surface area (Å²) in [4.78, 5) is 39.9. The van der Waals surface area contributed by atoms with Crippen molar-refractivity contribution in [3.05, 3.63) is 96.1 Å². The number of nitrogens with one attached hydrogen (secondary N) is 1. The van der Waals surface area contributed by atoms with E-state index in [1.54, 1.807) is 36.2 Å². The van der Waals surface area contributed by atoms with Crippen LogP contribution in [-0.4, -0.2) is 36.1 Å². The number of carbonyl (C=O) groups excluding carboxylic acids is 3. The fraction of sp³-hybridized carbons (Fsp3) is 0.321. The van der Waals surface area contributed by atoms with Crippen molar-refractivity contribution in [2.24, 2.45) is 5.92 Å². The molecule has 2 amide bonds. The molecule has 0 bridgehead atoms. The Morgan fingerprint density at radius 2 is 1.71 bits per heavy atom. The number of amides is 2. The highest BCUT2D eigenvalue weighted by Gasteiger charge is 2.26. The molecule has 2 atom stereocenters. The number of hydrogen-bond donors (Lipinski definition) is 1. The van der Waals surface area contributed by atoms with Crippen molar-refractivity contribution in [1.82, 2.24) is 10.2 Å². The Morgan fingerprint density at radius 3 is 2.32 bits per heavy atom. The van der Waals surface area contributed by atoms with Crippen LogP contribution in [0, 0.1) is 5.92 Å². The Morgan fingerprint density at radius 1 is 1.03 bits per heavy atom. The van der Waals surface area contributed by atoms with Gasteiger partial charge in [0.2, 0.25) is 11.8 Å². The van der Waals surface area contributed by atoms with Crippen molar-refractivity contribution in [2.75, 3.05) is 13.6 Å². The van der Waals surface area contributed by atoms with Crippen LogP contribution in [0.4, 0.5) is 0 Å². The van der Waals surface area contributed by atoms with Gasteiger partial charge in [0, 0.05) is 43.8 Å². The van der Waals surface area contributed by atoms with Gasteiger partial charge in [0.15, 0.2) is 0 Å². The molecule has 5 nitrogen and oxygen atoms in total. The Hall–Kier alpha value is -3.18. The van der Waals surface area contributed by atoms with Crippen LogP contribution in [0.25, 0.3) is 0 Å². The number of halogens is 1. The van der Waals surface area contributed by atoms with Crippen molar-refractivity contribution in [3.8, 4) is 0 Å². The molecule has 180 valence electrons. The van der Waals surface area contributed by atoms with Crippen LogP contribution in [0.5, 0.6) is 0 Å². The highest BCUT2D eigenvalue weighted by molar-refractivity contribution is 6.30. The zero-order chi connectivity index (χ0) is 24.9. The first-order valence-corrected chi connectivity index (χ1v) is 11.8. The molecular formula is C28H33ClN2O3. The summed E-state index contributed by atoms with van der Waals surface area (Å²) in [7, 11) is 1.70. The number of allylic oxidation sites excluding steroid dienone is 2. The van der Waals surface area contributed by atoms with Gasteiger partial charge in [-0.05, 0) is 36.1 Å². The number of rotatable bonds is 14. The molecule has 2 aromatic rings. The van der Waals surface area contributed by atoms with Crippen molar-refractivity contribution >= 4 is 29.2 Å².